The Labute approximate surface area is 139 Å². The second-order valence-corrected chi connectivity index (χ2v) is 5.25. The lowest BCUT2D eigenvalue weighted by atomic mass is 9.80. The van der Waals surface area contributed by atoms with Crippen LogP contribution in [-0.4, -0.2) is 18.0 Å². The van der Waals surface area contributed by atoms with E-state index in [2.05, 4.69) is 6.07 Å². The van der Waals surface area contributed by atoms with Crippen LogP contribution >= 0.6 is 0 Å². The van der Waals surface area contributed by atoms with Crippen LogP contribution in [0.3, 0.4) is 0 Å². The van der Waals surface area contributed by atoms with E-state index in [1.807, 2.05) is 30.3 Å². The van der Waals surface area contributed by atoms with Crippen LogP contribution < -0.4 is 0 Å². The van der Waals surface area contributed by atoms with Crippen molar-refractivity contribution < 1.29 is 14.5 Å². The van der Waals surface area contributed by atoms with E-state index in [4.69, 9.17) is 4.74 Å². The molecule has 2 aromatic carbocycles. The zero-order valence-electron chi connectivity index (χ0n) is 13.1. The molecule has 2 rings (SSSR count). The third-order valence-electron chi connectivity index (χ3n) is 3.85. The van der Waals surface area contributed by atoms with Crippen LogP contribution in [0.2, 0.25) is 0 Å². The molecule has 2 aromatic rings. The monoisotopic (exact) mass is 324 g/mol. The van der Waals surface area contributed by atoms with Crippen LogP contribution in [-0.2, 0) is 9.53 Å². The molecule has 0 saturated heterocycles. The molecule has 0 spiro atoms. The summed E-state index contributed by atoms with van der Waals surface area (Å²) in [5.41, 5.74) is 1.43. The van der Waals surface area contributed by atoms with Crippen molar-refractivity contribution in [1.82, 2.24) is 0 Å². The minimum absolute atomic E-state index is 0.0153. The molecule has 2 atom stereocenters. The number of ether oxygens (including phenoxy) is 1. The van der Waals surface area contributed by atoms with E-state index in [9.17, 15) is 20.2 Å². The first-order valence-electron chi connectivity index (χ1n) is 7.32. The summed E-state index contributed by atoms with van der Waals surface area (Å²) >= 11 is 0. The first-order chi connectivity index (χ1) is 11.6. The van der Waals surface area contributed by atoms with E-state index in [1.54, 1.807) is 12.1 Å². The van der Waals surface area contributed by atoms with Gasteiger partial charge in [-0.2, -0.15) is 5.26 Å². The van der Waals surface area contributed by atoms with Crippen LogP contribution in [0, 0.1) is 21.4 Å². The molecule has 0 aliphatic carbocycles. The summed E-state index contributed by atoms with van der Waals surface area (Å²) in [6.45, 7) is 0. The molecule has 0 amide bonds. The molecule has 122 valence electrons. The molecule has 24 heavy (non-hydrogen) atoms. The Kier molecular flexibility index (Phi) is 5.63. The first-order valence-corrected chi connectivity index (χ1v) is 7.32. The number of nitrogens with zero attached hydrogens (tertiary/aromatic N) is 2. The van der Waals surface area contributed by atoms with E-state index in [0.29, 0.717) is 5.56 Å². The summed E-state index contributed by atoms with van der Waals surface area (Å²) in [7, 11) is 1.29. The van der Waals surface area contributed by atoms with Crippen molar-refractivity contribution in [3.8, 4) is 6.07 Å². The summed E-state index contributed by atoms with van der Waals surface area (Å²) in [6.07, 6.45) is 0.0153. The van der Waals surface area contributed by atoms with Crippen molar-refractivity contribution in [3.05, 3.63) is 75.8 Å². The number of nitro groups is 1. The summed E-state index contributed by atoms with van der Waals surface area (Å²) in [6, 6.07) is 17.3. The SMILES string of the molecule is COC(=O)CC(c1ccc([N+](=O)[O-])cc1)C(C#N)c1ccccc1. The van der Waals surface area contributed by atoms with Crippen molar-refractivity contribution in [2.24, 2.45) is 0 Å². The van der Waals surface area contributed by atoms with E-state index in [1.165, 1.54) is 19.2 Å². The van der Waals surface area contributed by atoms with Crippen LogP contribution in [0.4, 0.5) is 5.69 Å². The van der Waals surface area contributed by atoms with E-state index in [-0.39, 0.29) is 12.1 Å². The Balaban J connectivity index is 2.42. The smallest absolute Gasteiger partial charge is 0.306 e. The molecule has 0 bridgehead atoms. The maximum Gasteiger partial charge on any atom is 0.306 e. The van der Waals surface area contributed by atoms with Gasteiger partial charge < -0.3 is 4.74 Å². The van der Waals surface area contributed by atoms with Gasteiger partial charge in [-0.25, -0.2) is 0 Å². The van der Waals surface area contributed by atoms with Gasteiger partial charge in [0.2, 0.25) is 0 Å². The number of esters is 1. The van der Waals surface area contributed by atoms with Gasteiger partial charge in [0.05, 0.1) is 30.4 Å². The predicted octanol–water partition coefficient (Wildman–Crippen LogP) is 3.55. The molecule has 0 aliphatic heterocycles. The van der Waals surface area contributed by atoms with Crippen LogP contribution in [0.1, 0.15) is 29.4 Å². The Hall–Kier alpha value is -3.20. The third-order valence-corrected chi connectivity index (χ3v) is 3.85. The molecule has 0 N–H and O–H groups in total. The highest BCUT2D eigenvalue weighted by atomic mass is 16.6. The fourth-order valence-electron chi connectivity index (χ4n) is 2.59. The van der Waals surface area contributed by atoms with Gasteiger partial charge in [-0.15, -0.1) is 0 Å². The maximum atomic E-state index is 11.8. The number of nitriles is 1. The van der Waals surface area contributed by atoms with E-state index < -0.39 is 22.7 Å². The molecule has 6 nitrogen and oxygen atoms in total. The zero-order valence-corrected chi connectivity index (χ0v) is 13.1. The average Bonchev–Trinajstić information content (AvgIpc) is 2.62. The van der Waals surface area contributed by atoms with Gasteiger partial charge in [-0.05, 0) is 11.1 Å². The fraction of sp³-hybridized carbons (Fsp3) is 0.222. The van der Waals surface area contributed by atoms with E-state index >= 15 is 0 Å². The predicted molar refractivity (Wildman–Crippen MR) is 87.3 cm³/mol. The van der Waals surface area contributed by atoms with Gasteiger partial charge >= 0.3 is 5.97 Å². The standard InChI is InChI=1S/C18H16N2O4/c1-24-18(21)11-16(14-7-9-15(10-8-14)20(22)23)17(12-19)13-5-3-2-4-6-13/h2-10,16-17H,11H2,1H3. The topological polar surface area (TPSA) is 93.2 Å². The first kappa shape index (κ1) is 17.2. The molecule has 0 radical (unpaired) electrons. The maximum absolute atomic E-state index is 11.8. The molecule has 6 heteroatoms. The quantitative estimate of drug-likeness (QED) is 0.460. The minimum atomic E-state index is -0.563. The number of benzene rings is 2. The lowest BCUT2D eigenvalue weighted by molar-refractivity contribution is -0.384. The third kappa shape index (κ3) is 3.96. The van der Waals surface area contributed by atoms with Gasteiger partial charge in [-0.1, -0.05) is 42.5 Å². The van der Waals surface area contributed by atoms with Gasteiger partial charge in [0.15, 0.2) is 0 Å². The number of methoxy groups -OCH3 is 1. The number of carbonyl (C=O) groups excluding carboxylic acids is 1. The molecular weight excluding hydrogens is 308 g/mol. The molecular formula is C18H16N2O4. The number of nitro benzene ring substituents is 1. The van der Waals surface area contributed by atoms with Crippen LogP contribution in [0.25, 0.3) is 0 Å². The second kappa shape index (κ2) is 7.88. The summed E-state index contributed by atoms with van der Waals surface area (Å²) in [5.74, 6) is -1.45. The summed E-state index contributed by atoms with van der Waals surface area (Å²) < 4.78 is 4.74. The molecule has 0 aliphatic rings. The largest absolute Gasteiger partial charge is 0.469 e. The fourth-order valence-corrected chi connectivity index (χ4v) is 2.59. The second-order valence-electron chi connectivity index (χ2n) is 5.25. The lowest BCUT2D eigenvalue weighted by Crippen LogP contribution is -2.15. The number of hydrogen-bond donors (Lipinski definition) is 0. The summed E-state index contributed by atoms with van der Waals surface area (Å²) in [4.78, 5) is 22.1. The van der Waals surface area contributed by atoms with Crippen molar-refractivity contribution in [2.45, 2.75) is 18.3 Å². The Morgan fingerprint density at radius 1 is 1.17 bits per heavy atom. The zero-order chi connectivity index (χ0) is 17.5. The van der Waals surface area contributed by atoms with Gasteiger partial charge in [0.1, 0.15) is 0 Å². The van der Waals surface area contributed by atoms with Crippen LogP contribution in [0.5, 0.6) is 0 Å². The molecule has 0 heterocycles. The Bertz CT molecular complexity index is 751. The molecule has 0 fully saturated rings. The van der Waals surface area contributed by atoms with Gasteiger partial charge in [0, 0.05) is 18.1 Å². The Morgan fingerprint density at radius 2 is 1.79 bits per heavy atom. The highest BCUT2D eigenvalue weighted by molar-refractivity contribution is 5.71. The highest BCUT2D eigenvalue weighted by Gasteiger charge is 2.28. The number of rotatable bonds is 6. The average molecular weight is 324 g/mol. The van der Waals surface area contributed by atoms with Crippen molar-refractivity contribution >= 4 is 11.7 Å². The van der Waals surface area contributed by atoms with Crippen molar-refractivity contribution in [3.63, 3.8) is 0 Å². The van der Waals surface area contributed by atoms with E-state index in [0.717, 1.165) is 5.56 Å². The van der Waals surface area contributed by atoms with Gasteiger partial charge in [0.25, 0.3) is 5.69 Å². The molecule has 0 aromatic heterocycles. The normalized spacial score (nSPS) is 12.7. The number of hydrogen-bond acceptors (Lipinski definition) is 5. The lowest BCUT2D eigenvalue weighted by Gasteiger charge is -2.22. The minimum Gasteiger partial charge on any atom is -0.469 e. The summed E-state index contributed by atoms with van der Waals surface area (Å²) in [5, 5.41) is 20.4. The Morgan fingerprint density at radius 3 is 2.29 bits per heavy atom. The van der Waals surface area contributed by atoms with Gasteiger partial charge in [-0.3, -0.25) is 14.9 Å². The number of carbonyl (C=O) groups is 1. The van der Waals surface area contributed by atoms with Crippen molar-refractivity contribution in [1.29, 1.82) is 5.26 Å². The molecule has 0 saturated carbocycles. The molecule has 2 unspecified atom stereocenters. The van der Waals surface area contributed by atoms with Crippen molar-refractivity contribution in [2.75, 3.05) is 7.11 Å². The number of non-ortho nitro benzene ring substituents is 1. The highest BCUT2D eigenvalue weighted by Crippen LogP contribution is 2.36. The van der Waals surface area contributed by atoms with Crippen LogP contribution in [0.15, 0.2) is 54.6 Å².